The molecule has 1 saturated heterocycles. The molecule has 3 aromatic rings. The number of rotatable bonds is 3. The van der Waals surface area contributed by atoms with Crippen LogP contribution in [0.5, 0.6) is 0 Å². The van der Waals surface area contributed by atoms with Crippen molar-refractivity contribution < 1.29 is 17.6 Å². The first-order valence-electron chi connectivity index (χ1n) is 10.5. The largest absolute Gasteiger partial charge is 0.337 e. The summed E-state index contributed by atoms with van der Waals surface area (Å²) in [6.07, 6.45) is 2.56. The zero-order chi connectivity index (χ0) is 21.6. The topological polar surface area (TPSA) is 57.7 Å². The molecule has 1 heterocycles. The smallest absolute Gasteiger partial charge is 0.254 e. The van der Waals surface area contributed by atoms with Crippen LogP contribution in [0.2, 0.25) is 0 Å². The van der Waals surface area contributed by atoms with Crippen LogP contribution in [0, 0.1) is 5.82 Å². The molecule has 0 unspecified atom stereocenters. The Labute approximate surface area is 181 Å². The van der Waals surface area contributed by atoms with E-state index in [1.807, 2.05) is 18.2 Å². The third-order valence-corrected chi connectivity index (χ3v) is 8.21. The zero-order valence-electron chi connectivity index (χ0n) is 17.1. The van der Waals surface area contributed by atoms with E-state index in [0.29, 0.717) is 31.6 Å². The fourth-order valence-electron chi connectivity index (χ4n) is 4.70. The van der Waals surface area contributed by atoms with Crippen LogP contribution < -0.4 is 0 Å². The molecular weight excluding hydrogens is 415 g/mol. The van der Waals surface area contributed by atoms with Gasteiger partial charge in [-0.3, -0.25) is 4.79 Å². The lowest BCUT2D eigenvalue weighted by atomic mass is 9.99. The minimum atomic E-state index is -3.72. The molecule has 7 heteroatoms. The highest BCUT2D eigenvalue weighted by atomic mass is 32.2. The Balaban J connectivity index is 1.39. The summed E-state index contributed by atoms with van der Waals surface area (Å²) < 4.78 is 40.5. The standard InChI is InChI=1S/C24H23FN2O3S/c25-19-8-10-20(11-9-19)31(29,30)27-14-2-13-26(15-16-27)24(28)22-12-7-18-6-5-17-3-1-4-21(22)23(17)18/h1,3-4,7-12H,2,5-6,13-16H2. The molecule has 1 aliphatic heterocycles. The zero-order valence-corrected chi connectivity index (χ0v) is 17.9. The Hall–Kier alpha value is -2.77. The van der Waals surface area contributed by atoms with Crippen LogP contribution in [0.15, 0.2) is 59.5 Å². The van der Waals surface area contributed by atoms with E-state index in [4.69, 9.17) is 0 Å². The highest BCUT2D eigenvalue weighted by molar-refractivity contribution is 7.89. The summed E-state index contributed by atoms with van der Waals surface area (Å²) in [6.45, 7) is 1.36. The summed E-state index contributed by atoms with van der Waals surface area (Å²) in [6, 6.07) is 15.0. The van der Waals surface area contributed by atoms with E-state index in [9.17, 15) is 17.6 Å². The number of aryl methyl sites for hydroxylation is 2. The molecule has 1 amide bonds. The second kappa shape index (κ2) is 7.73. The van der Waals surface area contributed by atoms with Gasteiger partial charge in [0.25, 0.3) is 5.91 Å². The number of hydrogen-bond acceptors (Lipinski definition) is 3. The monoisotopic (exact) mass is 438 g/mol. The van der Waals surface area contributed by atoms with Crippen molar-refractivity contribution in [1.82, 2.24) is 9.21 Å². The Kier molecular flexibility index (Phi) is 5.02. The molecule has 0 spiro atoms. The van der Waals surface area contributed by atoms with Crippen molar-refractivity contribution in [3.63, 3.8) is 0 Å². The van der Waals surface area contributed by atoms with Crippen LogP contribution >= 0.6 is 0 Å². The molecule has 0 radical (unpaired) electrons. The number of carbonyl (C=O) groups is 1. The Bertz CT molecular complexity index is 1260. The number of halogens is 1. The van der Waals surface area contributed by atoms with Gasteiger partial charge in [0.2, 0.25) is 10.0 Å². The van der Waals surface area contributed by atoms with Gasteiger partial charge in [-0.25, -0.2) is 12.8 Å². The van der Waals surface area contributed by atoms with Gasteiger partial charge in [-0.05, 0) is 71.5 Å². The summed E-state index contributed by atoms with van der Waals surface area (Å²) >= 11 is 0. The van der Waals surface area contributed by atoms with Crippen LogP contribution in [0.25, 0.3) is 10.8 Å². The van der Waals surface area contributed by atoms with E-state index >= 15 is 0 Å². The lowest BCUT2D eigenvalue weighted by Crippen LogP contribution is -2.37. The van der Waals surface area contributed by atoms with Crippen molar-refractivity contribution in [3.8, 4) is 0 Å². The number of nitrogens with zero attached hydrogens (tertiary/aromatic N) is 2. The molecule has 31 heavy (non-hydrogen) atoms. The summed E-state index contributed by atoms with van der Waals surface area (Å²) in [7, 11) is -3.72. The molecule has 0 aromatic heterocycles. The first-order valence-corrected chi connectivity index (χ1v) is 12.0. The maximum Gasteiger partial charge on any atom is 0.254 e. The Morgan fingerprint density at radius 1 is 0.839 bits per heavy atom. The van der Waals surface area contributed by atoms with Crippen LogP contribution in [0.1, 0.15) is 27.9 Å². The highest BCUT2D eigenvalue weighted by Gasteiger charge is 2.29. The molecule has 160 valence electrons. The Morgan fingerprint density at radius 2 is 1.58 bits per heavy atom. The summed E-state index contributed by atoms with van der Waals surface area (Å²) in [4.78, 5) is 15.2. The van der Waals surface area contributed by atoms with Gasteiger partial charge in [-0.15, -0.1) is 0 Å². The molecular formula is C24H23FN2O3S. The van der Waals surface area contributed by atoms with Gasteiger partial charge in [0.1, 0.15) is 5.82 Å². The molecule has 0 saturated carbocycles. The quantitative estimate of drug-likeness (QED) is 0.628. The van der Waals surface area contributed by atoms with Crippen molar-refractivity contribution in [2.45, 2.75) is 24.2 Å². The second-order valence-electron chi connectivity index (χ2n) is 8.12. The highest BCUT2D eigenvalue weighted by Crippen LogP contribution is 2.33. The van der Waals surface area contributed by atoms with E-state index in [1.165, 1.54) is 33.0 Å². The van der Waals surface area contributed by atoms with Gasteiger partial charge in [0, 0.05) is 31.7 Å². The molecule has 1 aliphatic carbocycles. The fourth-order valence-corrected chi connectivity index (χ4v) is 6.17. The number of carbonyl (C=O) groups excluding carboxylic acids is 1. The molecule has 5 nitrogen and oxygen atoms in total. The van der Waals surface area contributed by atoms with Gasteiger partial charge >= 0.3 is 0 Å². The van der Waals surface area contributed by atoms with Crippen molar-refractivity contribution in [2.24, 2.45) is 0 Å². The first-order chi connectivity index (χ1) is 14.9. The summed E-state index contributed by atoms with van der Waals surface area (Å²) in [5.41, 5.74) is 3.25. The van der Waals surface area contributed by atoms with E-state index in [0.717, 1.165) is 30.4 Å². The van der Waals surface area contributed by atoms with Crippen molar-refractivity contribution in [3.05, 3.63) is 77.1 Å². The number of amides is 1. The van der Waals surface area contributed by atoms with Gasteiger partial charge in [0.15, 0.2) is 0 Å². The third-order valence-electron chi connectivity index (χ3n) is 6.30. The average Bonchev–Trinajstić information content (AvgIpc) is 3.03. The fraction of sp³-hybridized carbons (Fsp3) is 0.292. The lowest BCUT2D eigenvalue weighted by Gasteiger charge is -2.23. The summed E-state index contributed by atoms with van der Waals surface area (Å²) in [5.74, 6) is -0.534. The maximum absolute atomic E-state index is 13.4. The SMILES string of the molecule is O=C(c1ccc2c3c(cccc13)CC2)N1CCCN(S(=O)(=O)c2ccc(F)cc2)CC1. The van der Waals surface area contributed by atoms with Crippen LogP contribution in [0.4, 0.5) is 4.39 Å². The molecule has 3 aromatic carbocycles. The van der Waals surface area contributed by atoms with E-state index in [-0.39, 0.29) is 17.3 Å². The van der Waals surface area contributed by atoms with Gasteiger partial charge < -0.3 is 4.90 Å². The van der Waals surface area contributed by atoms with Crippen LogP contribution in [-0.4, -0.2) is 49.7 Å². The lowest BCUT2D eigenvalue weighted by molar-refractivity contribution is 0.0766. The molecule has 1 fully saturated rings. The van der Waals surface area contributed by atoms with Gasteiger partial charge in [-0.2, -0.15) is 4.31 Å². The predicted molar refractivity (Wildman–Crippen MR) is 117 cm³/mol. The first kappa shape index (κ1) is 20.2. The minimum absolute atomic E-state index is 0.0587. The molecule has 2 aliphatic rings. The maximum atomic E-state index is 13.4. The Morgan fingerprint density at radius 3 is 2.35 bits per heavy atom. The molecule has 0 atom stereocenters. The number of benzene rings is 3. The average molecular weight is 439 g/mol. The number of hydrogen-bond donors (Lipinski definition) is 0. The van der Waals surface area contributed by atoms with E-state index in [2.05, 4.69) is 12.1 Å². The minimum Gasteiger partial charge on any atom is -0.337 e. The van der Waals surface area contributed by atoms with Gasteiger partial charge in [0.05, 0.1) is 4.90 Å². The van der Waals surface area contributed by atoms with Crippen LogP contribution in [-0.2, 0) is 22.9 Å². The van der Waals surface area contributed by atoms with Crippen molar-refractivity contribution >= 4 is 26.7 Å². The second-order valence-corrected chi connectivity index (χ2v) is 10.1. The molecule has 5 rings (SSSR count). The van der Waals surface area contributed by atoms with Crippen LogP contribution in [0.3, 0.4) is 0 Å². The number of sulfonamides is 1. The molecule has 0 bridgehead atoms. The van der Waals surface area contributed by atoms with E-state index in [1.54, 1.807) is 4.90 Å². The normalized spacial score (nSPS) is 17.1. The molecule has 0 N–H and O–H groups in total. The van der Waals surface area contributed by atoms with Crippen molar-refractivity contribution in [2.75, 3.05) is 26.2 Å². The van der Waals surface area contributed by atoms with Gasteiger partial charge in [-0.1, -0.05) is 24.3 Å². The van der Waals surface area contributed by atoms with Crippen molar-refractivity contribution in [1.29, 1.82) is 0 Å². The van der Waals surface area contributed by atoms with E-state index < -0.39 is 15.8 Å². The summed E-state index contributed by atoms with van der Waals surface area (Å²) in [5, 5.41) is 2.18. The third kappa shape index (κ3) is 3.51. The predicted octanol–water partition coefficient (Wildman–Crippen LogP) is 3.61.